The van der Waals surface area contributed by atoms with E-state index in [9.17, 15) is 10.1 Å². The van der Waals surface area contributed by atoms with Crippen LogP contribution in [0.25, 0.3) is 0 Å². The first kappa shape index (κ1) is 15.3. The fourth-order valence-corrected chi connectivity index (χ4v) is 3.26. The van der Waals surface area contributed by atoms with Crippen LogP contribution in [0.4, 0.5) is 0 Å². The highest BCUT2D eigenvalue weighted by molar-refractivity contribution is 5.86. The second-order valence-corrected chi connectivity index (χ2v) is 6.64. The Labute approximate surface area is 122 Å². The van der Waals surface area contributed by atoms with E-state index in [1.807, 2.05) is 4.90 Å². The maximum absolute atomic E-state index is 12.5. The SMILES string of the molecule is CC1CC(C#N)(C(=O)N2CCN(CCN(C)C)CC2)C1. The first-order chi connectivity index (χ1) is 9.47. The molecule has 20 heavy (non-hydrogen) atoms. The number of rotatable bonds is 4. The molecule has 1 saturated heterocycles. The molecular weight excluding hydrogens is 252 g/mol. The maximum Gasteiger partial charge on any atom is 0.243 e. The molecular formula is C15H26N4O. The number of nitrogens with zero attached hydrogens (tertiary/aromatic N) is 4. The standard InChI is InChI=1S/C15H26N4O/c1-13-10-15(11-13,12-16)14(20)19-8-6-18(7-9-19)5-4-17(2)3/h13H,4-11H2,1-3H3. The number of hydrogen-bond donors (Lipinski definition) is 0. The fraction of sp³-hybridized carbons (Fsp3) is 0.867. The lowest BCUT2D eigenvalue weighted by molar-refractivity contribution is -0.147. The van der Waals surface area contributed by atoms with Gasteiger partial charge in [-0.05, 0) is 32.9 Å². The Hall–Kier alpha value is -1.12. The molecule has 1 aliphatic heterocycles. The summed E-state index contributed by atoms with van der Waals surface area (Å²) in [6.07, 6.45) is 1.48. The molecule has 0 aromatic heterocycles. The number of hydrogen-bond acceptors (Lipinski definition) is 4. The molecule has 0 atom stereocenters. The Bertz CT molecular complexity index is 387. The van der Waals surface area contributed by atoms with E-state index in [0.717, 1.165) is 52.1 Å². The number of amides is 1. The lowest BCUT2D eigenvalue weighted by Gasteiger charge is -2.44. The van der Waals surface area contributed by atoms with Gasteiger partial charge in [-0.1, -0.05) is 6.92 Å². The average Bonchev–Trinajstić information content (AvgIpc) is 2.41. The summed E-state index contributed by atoms with van der Waals surface area (Å²) in [5, 5.41) is 9.34. The summed E-state index contributed by atoms with van der Waals surface area (Å²) in [5.74, 6) is 0.588. The molecule has 0 unspecified atom stereocenters. The summed E-state index contributed by atoms with van der Waals surface area (Å²) >= 11 is 0. The summed E-state index contributed by atoms with van der Waals surface area (Å²) < 4.78 is 0. The molecule has 0 aromatic carbocycles. The molecule has 2 fully saturated rings. The van der Waals surface area contributed by atoms with Gasteiger partial charge in [0.15, 0.2) is 0 Å². The van der Waals surface area contributed by atoms with Gasteiger partial charge in [0.05, 0.1) is 6.07 Å². The first-order valence-electron chi connectivity index (χ1n) is 7.54. The van der Waals surface area contributed by atoms with Crippen molar-refractivity contribution in [2.24, 2.45) is 11.3 Å². The van der Waals surface area contributed by atoms with Gasteiger partial charge in [-0.15, -0.1) is 0 Å². The number of carbonyl (C=O) groups excluding carboxylic acids is 1. The third kappa shape index (κ3) is 3.13. The predicted molar refractivity (Wildman–Crippen MR) is 78.0 cm³/mol. The molecule has 0 spiro atoms. The van der Waals surface area contributed by atoms with Gasteiger partial charge in [0.1, 0.15) is 5.41 Å². The van der Waals surface area contributed by atoms with Crippen LogP contribution >= 0.6 is 0 Å². The highest BCUT2D eigenvalue weighted by Crippen LogP contribution is 2.46. The van der Waals surface area contributed by atoms with Gasteiger partial charge in [-0.2, -0.15) is 5.26 Å². The van der Waals surface area contributed by atoms with Gasteiger partial charge in [0.2, 0.25) is 5.91 Å². The first-order valence-corrected chi connectivity index (χ1v) is 7.54. The third-order valence-electron chi connectivity index (χ3n) is 4.54. The largest absolute Gasteiger partial charge is 0.339 e. The van der Waals surface area contributed by atoms with Crippen molar-refractivity contribution in [2.75, 3.05) is 53.4 Å². The number of likely N-dealkylation sites (N-methyl/N-ethyl adjacent to an activating group) is 1. The van der Waals surface area contributed by atoms with Crippen LogP contribution in [0.2, 0.25) is 0 Å². The Morgan fingerprint density at radius 3 is 2.35 bits per heavy atom. The number of carbonyl (C=O) groups is 1. The van der Waals surface area contributed by atoms with Crippen LogP contribution in [0.5, 0.6) is 0 Å². The highest BCUT2D eigenvalue weighted by atomic mass is 16.2. The monoisotopic (exact) mass is 278 g/mol. The number of piperazine rings is 1. The van der Waals surface area contributed by atoms with Gasteiger partial charge in [0, 0.05) is 39.3 Å². The smallest absolute Gasteiger partial charge is 0.243 e. The zero-order valence-electron chi connectivity index (χ0n) is 12.9. The zero-order chi connectivity index (χ0) is 14.8. The topological polar surface area (TPSA) is 50.6 Å². The second kappa shape index (κ2) is 6.11. The van der Waals surface area contributed by atoms with Crippen LogP contribution in [-0.4, -0.2) is 74.0 Å². The Kier molecular flexibility index (Phi) is 4.66. The second-order valence-electron chi connectivity index (χ2n) is 6.64. The van der Waals surface area contributed by atoms with Crippen molar-refractivity contribution in [3.63, 3.8) is 0 Å². The Morgan fingerprint density at radius 1 is 1.30 bits per heavy atom. The molecule has 5 nitrogen and oxygen atoms in total. The van der Waals surface area contributed by atoms with Crippen LogP contribution in [0.1, 0.15) is 19.8 Å². The van der Waals surface area contributed by atoms with Crippen molar-refractivity contribution in [3.8, 4) is 6.07 Å². The molecule has 0 radical (unpaired) electrons. The molecule has 5 heteroatoms. The average molecular weight is 278 g/mol. The van der Waals surface area contributed by atoms with Crippen molar-refractivity contribution in [2.45, 2.75) is 19.8 Å². The molecule has 2 aliphatic rings. The van der Waals surface area contributed by atoms with E-state index in [1.54, 1.807) is 0 Å². The van der Waals surface area contributed by atoms with Crippen LogP contribution in [0.3, 0.4) is 0 Å². The predicted octanol–water partition coefficient (Wildman–Crippen LogP) is 0.632. The summed E-state index contributed by atoms with van der Waals surface area (Å²) in [6, 6.07) is 2.28. The molecule has 0 bridgehead atoms. The Balaban J connectivity index is 1.82. The summed E-state index contributed by atoms with van der Waals surface area (Å²) in [5.41, 5.74) is -0.703. The molecule has 0 aromatic rings. The van der Waals surface area contributed by atoms with Crippen molar-refractivity contribution < 1.29 is 4.79 Å². The van der Waals surface area contributed by atoms with Crippen LogP contribution < -0.4 is 0 Å². The maximum atomic E-state index is 12.5. The normalized spacial score (nSPS) is 30.9. The number of nitriles is 1. The van der Waals surface area contributed by atoms with Gasteiger partial charge >= 0.3 is 0 Å². The van der Waals surface area contributed by atoms with Gasteiger partial charge in [0.25, 0.3) is 0 Å². The van der Waals surface area contributed by atoms with Crippen molar-refractivity contribution in [3.05, 3.63) is 0 Å². The fourth-order valence-electron chi connectivity index (χ4n) is 3.26. The van der Waals surface area contributed by atoms with Crippen LogP contribution in [-0.2, 0) is 4.79 Å². The molecule has 1 amide bonds. The zero-order valence-corrected chi connectivity index (χ0v) is 12.9. The van der Waals surface area contributed by atoms with Gasteiger partial charge in [-0.3, -0.25) is 9.69 Å². The summed E-state index contributed by atoms with van der Waals surface area (Å²) in [4.78, 5) is 19.0. The molecule has 2 rings (SSSR count). The van der Waals surface area contributed by atoms with Crippen LogP contribution in [0, 0.1) is 22.7 Å². The minimum Gasteiger partial charge on any atom is -0.339 e. The third-order valence-corrected chi connectivity index (χ3v) is 4.54. The van der Waals surface area contributed by atoms with E-state index in [-0.39, 0.29) is 5.91 Å². The minimum absolute atomic E-state index is 0.0744. The summed E-state index contributed by atoms with van der Waals surface area (Å²) in [6.45, 7) is 7.60. The molecule has 0 N–H and O–H groups in total. The van der Waals surface area contributed by atoms with E-state index < -0.39 is 5.41 Å². The quantitative estimate of drug-likeness (QED) is 0.757. The van der Waals surface area contributed by atoms with Crippen molar-refractivity contribution in [1.82, 2.24) is 14.7 Å². The van der Waals surface area contributed by atoms with E-state index >= 15 is 0 Å². The van der Waals surface area contributed by atoms with Gasteiger partial charge < -0.3 is 9.80 Å². The van der Waals surface area contributed by atoms with E-state index in [1.165, 1.54) is 0 Å². The van der Waals surface area contributed by atoms with Crippen molar-refractivity contribution in [1.29, 1.82) is 5.26 Å². The van der Waals surface area contributed by atoms with E-state index in [0.29, 0.717) is 5.92 Å². The van der Waals surface area contributed by atoms with E-state index in [2.05, 4.69) is 36.9 Å². The lowest BCUT2D eigenvalue weighted by atomic mass is 9.62. The molecule has 1 saturated carbocycles. The highest BCUT2D eigenvalue weighted by Gasteiger charge is 2.50. The molecule has 1 heterocycles. The Morgan fingerprint density at radius 2 is 1.90 bits per heavy atom. The van der Waals surface area contributed by atoms with Crippen molar-refractivity contribution >= 4 is 5.91 Å². The van der Waals surface area contributed by atoms with Gasteiger partial charge in [-0.25, -0.2) is 0 Å². The summed E-state index contributed by atoms with van der Waals surface area (Å²) in [7, 11) is 4.16. The lowest BCUT2D eigenvalue weighted by Crippen LogP contribution is -2.56. The minimum atomic E-state index is -0.703. The van der Waals surface area contributed by atoms with Crippen LogP contribution in [0.15, 0.2) is 0 Å². The molecule has 112 valence electrons. The van der Waals surface area contributed by atoms with E-state index in [4.69, 9.17) is 0 Å². The molecule has 1 aliphatic carbocycles.